The van der Waals surface area contributed by atoms with Crippen LogP contribution in [0, 0.1) is 11.8 Å². The van der Waals surface area contributed by atoms with E-state index in [0.717, 1.165) is 12.3 Å². The molecule has 8 heteroatoms. The number of nitrogens with one attached hydrogen (secondary N) is 1. The van der Waals surface area contributed by atoms with E-state index in [-0.39, 0.29) is 9.63 Å². The molecule has 1 saturated carbocycles. The predicted octanol–water partition coefficient (Wildman–Crippen LogP) is 2.07. The smallest absolute Gasteiger partial charge is 0.235 e. The fourth-order valence-corrected chi connectivity index (χ4v) is 5.03. The van der Waals surface area contributed by atoms with Gasteiger partial charge in [0, 0.05) is 13.6 Å². The molecular weight excluding hydrogens is 344 g/mol. The largest absolute Gasteiger partial charge is 0.260 e. The molecule has 0 saturated heterocycles. The minimum atomic E-state index is -3.55. The van der Waals surface area contributed by atoms with Crippen LogP contribution in [-0.2, 0) is 17.1 Å². The lowest BCUT2D eigenvalue weighted by atomic mass is 9.81. The summed E-state index contributed by atoms with van der Waals surface area (Å²) in [5.74, 6) is 1.40. The average molecular weight is 365 g/mol. The summed E-state index contributed by atoms with van der Waals surface area (Å²) in [5, 5.41) is 7.47. The zero-order valence-corrected chi connectivity index (χ0v) is 14.2. The molecule has 0 bridgehead atoms. The van der Waals surface area contributed by atoms with Gasteiger partial charge < -0.3 is 0 Å². The second kappa shape index (κ2) is 6.53. The molecular formula is C12H21BrN4O2S. The summed E-state index contributed by atoms with van der Waals surface area (Å²) < 4.78 is 28.6. The Balaban J connectivity index is 1.90. The molecule has 0 aromatic carbocycles. The van der Waals surface area contributed by atoms with Gasteiger partial charge >= 0.3 is 0 Å². The Bertz CT molecular complexity index is 538. The summed E-state index contributed by atoms with van der Waals surface area (Å²) in [6.07, 6.45) is 5.87. The molecule has 1 aliphatic rings. The third-order valence-corrected chi connectivity index (χ3v) is 6.23. The Labute approximate surface area is 128 Å². The summed E-state index contributed by atoms with van der Waals surface area (Å²) >= 11 is 3.12. The van der Waals surface area contributed by atoms with Crippen molar-refractivity contribution in [3.63, 3.8) is 0 Å². The van der Waals surface area contributed by atoms with Crippen LogP contribution in [0.15, 0.2) is 9.63 Å². The van der Waals surface area contributed by atoms with Crippen molar-refractivity contribution < 1.29 is 8.42 Å². The Kier molecular flexibility index (Phi) is 5.19. The SMILES string of the molecule is CC1CCCC(CCNS(=O)(=O)c2c(Br)nnn2C)C1. The molecule has 1 heterocycles. The topological polar surface area (TPSA) is 76.9 Å². The third-order valence-electron chi connectivity index (χ3n) is 3.88. The maximum atomic E-state index is 12.2. The molecule has 1 N–H and O–H groups in total. The van der Waals surface area contributed by atoms with Crippen LogP contribution in [-0.4, -0.2) is 30.0 Å². The molecule has 1 aromatic heterocycles. The number of rotatable bonds is 5. The van der Waals surface area contributed by atoms with Gasteiger partial charge in [0.1, 0.15) is 0 Å². The summed E-state index contributed by atoms with van der Waals surface area (Å²) in [6.45, 7) is 2.74. The minimum Gasteiger partial charge on any atom is -0.235 e. The zero-order chi connectivity index (χ0) is 14.8. The van der Waals surface area contributed by atoms with E-state index in [9.17, 15) is 8.42 Å². The van der Waals surface area contributed by atoms with E-state index in [1.807, 2.05) is 0 Å². The molecule has 0 radical (unpaired) electrons. The van der Waals surface area contributed by atoms with Gasteiger partial charge in [0.05, 0.1) is 0 Å². The maximum Gasteiger partial charge on any atom is 0.260 e. The van der Waals surface area contributed by atoms with E-state index < -0.39 is 10.0 Å². The van der Waals surface area contributed by atoms with Crippen molar-refractivity contribution in [3.05, 3.63) is 4.60 Å². The third kappa shape index (κ3) is 3.79. The maximum absolute atomic E-state index is 12.2. The Morgan fingerprint density at radius 1 is 1.45 bits per heavy atom. The van der Waals surface area contributed by atoms with E-state index >= 15 is 0 Å². The Morgan fingerprint density at radius 2 is 2.20 bits per heavy atom. The molecule has 2 rings (SSSR count). The van der Waals surface area contributed by atoms with Gasteiger partial charge in [-0.25, -0.2) is 17.8 Å². The van der Waals surface area contributed by atoms with Gasteiger partial charge in [0.15, 0.2) is 4.60 Å². The van der Waals surface area contributed by atoms with Gasteiger partial charge in [0.25, 0.3) is 10.0 Å². The molecule has 114 valence electrons. The highest BCUT2D eigenvalue weighted by Gasteiger charge is 2.24. The molecule has 1 aromatic rings. The molecule has 0 aliphatic heterocycles. The monoisotopic (exact) mass is 364 g/mol. The highest BCUT2D eigenvalue weighted by atomic mass is 79.9. The van der Waals surface area contributed by atoms with Crippen molar-refractivity contribution in [1.82, 2.24) is 19.7 Å². The van der Waals surface area contributed by atoms with Gasteiger partial charge in [-0.15, -0.1) is 5.10 Å². The summed E-state index contributed by atoms with van der Waals surface area (Å²) in [6, 6.07) is 0. The van der Waals surface area contributed by atoms with Crippen LogP contribution in [0.4, 0.5) is 0 Å². The second-order valence-electron chi connectivity index (χ2n) is 5.63. The quantitative estimate of drug-likeness (QED) is 0.867. The first-order valence-electron chi connectivity index (χ1n) is 6.95. The zero-order valence-electron chi connectivity index (χ0n) is 11.8. The van der Waals surface area contributed by atoms with Crippen LogP contribution < -0.4 is 4.72 Å². The molecule has 6 nitrogen and oxygen atoms in total. The van der Waals surface area contributed by atoms with Crippen LogP contribution in [0.2, 0.25) is 0 Å². The number of hydrogen-bond donors (Lipinski definition) is 1. The minimum absolute atomic E-state index is 0.0783. The second-order valence-corrected chi connectivity index (χ2v) is 8.07. The van der Waals surface area contributed by atoms with Gasteiger partial charge in [-0.3, -0.25) is 0 Å². The summed E-state index contributed by atoms with van der Waals surface area (Å²) in [4.78, 5) is 0. The lowest BCUT2D eigenvalue weighted by molar-refractivity contribution is 0.271. The van der Waals surface area contributed by atoms with E-state index in [1.54, 1.807) is 7.05 Å². The van der Waals surface area contributed by atoms with Crippen LogP contribution in [0.25, 0.3) is 0 Å². The number of hydrogen-bond acceptors (Lipinski definition) is 4. The number of aryl methyl sites for hydroxylation is 1. The molecule has 2 unspecified atom stereocenters. The number of sulfonamides is 1. The van der Waals surface area contributed by atoms with Crippen molar-refractivity contribution in [1.29, 1.82) is 0 Å². The summed E-state index contributed by atoms with van der Waals surface area (Å²) in [7, 11) is -1.99. The van der Waals surface area contributed by atoms with E-state index in [2.05, 4.69) is 37.9 Å². The fourth-order valence-electron chi connectivity index (χ4n) is 2.90. The van der Waals surface area contributed by atoms with Gasteiger partial charge in [0.2, 0.25) is 5.03 Å². The first-order valence-corrected chi connectivity index (χ1v) is 9.22. The van der Waals surface area contributed by atoms with Gasteiger partial charge in [-0.05, 0) is 40.6 Å². The number of halogens is 1. The van der Waals surface area contributed by atoms with Gasteiger partial charge in [-0.1, -0.05) is 31.4 Å². The number of aromatic nitrogens is 3. The average Bonchev–Trinajstić information content (AvgIpc) is 2.69. The Morgan fingerprint density at radius 3 is 2.80 bits per heavy atom. The van der Waals surface area contributed by atoms with Crippen molar-refractivity contribution in [3.8, 4) is 0 Å². The molecule has 2 atom stereocenters. The van der Waals surface area contributed by atoms with Crippen LogP contribution in [0.5, 0.6) is 0 Å². The lowest BCUT2D eigenvalue weighted by Gasteiger charge is -2.26. The van der Waals surface area contributed by atoms with Crippen molar-refractivity contribution in [2.45, 2.75) is 44.1 Å². The fraction of sp³-hybridized carbons (Fsp3) is 0.833. The highest BCUT2D eigenvalue weighted by Crippen LogP contribution is 2.30. The van der Waals surface area contributed by atoms with Crippen LogP contribution in [0.3, 0.4) is 0 Å². The molecule has 0 spiro atoms. The molecule has 1 aliphatic carbocycles. The lowest BCUT2D eigenvalue weighted by Crippen LogP contribution is -2.29. The Hall–Kier alpha value is -0.470. The van der Waals surface area contributed by atoms with Crippen LogP contribution >= 0.6 is 15.9 Å². The van der Waals surface area contributed by atoms with Gasteiger partial charge in [-0.2, -0.15) is 0 Å². The van der Waals surface area contributed by atoms with Crippen molar-refractivity contribution >= 4 is 26.0 Å². The standard InChI is InChI=1S/C12H21BrN4O2S/c1-9-4-3-5-10(8-9)6-7-14-20(18,19)12-11(13)15-16-17(12)2/h9-10,14H,3-8H2,1-2H3. The molecule has 0 amide bonds. The first-order chi connectivity index (χ1) is 9.40. The first kappa shape index (κ1) is 15.9. The van der Waals surface area contributed by atoms with Crippen molar-refractivity contribution in [2.75, 3.05) is 6.54 Å². The molecule has 20 heavy (non-hydrogen) atoms. The summed E-state index contributed by atoms with van der Waals surface area (Å²) in [5.41, 5.74) is 0. The predicted molar refractivity (Wildman–Crippen MR) is 79.6 cm³/mol. The van der Waals surface area contributed by atoms with E-state index in [4.69, 9.17) is 0 Å². The van der Waals surface area contributed by atoms with Crippen molar-refractivity contribution in [2.24, 2.45) is 18.9 Å². The van der Waals surface area contributed by atoms with Crippen LogP contribution in [0.1, 0.15) is 39.0 Å². The highest BCUT2D eigenvalue weighted by molar-refractivity contribution is 9.10. The van der Waals surface area contributed by atoms with E-state index in [1.165, 1.54) is 30.4 Å². The normalized spacial score (nSPS) is 23.9. The van der Waals surface area contributed by atoms with E-state index in [0.29, 0.717) is 12.5 Å². The molecule has 1 fully saturated rings. The number of nitrogens with zero attached hydrogens (tertiary/aromatic N) is 3.